The number of fused-ring (bicyclic) bond motifs is 15. The fraction of sp³-hybridized carbons (Fsp3) is 0.484. The normalized spacial score (nSPS) is 35.5. The summed E-state index contributed by atoms with van der Waals surface area (Å²) in [7, 11) is 1.30. The first-order valence-corrected chi connectivity index (χ1v) is 47.2. The number of carboxylic acids is 1. The van der Waals surface area contributed by atoms with Crippen LogP contribution in [0.15, 0.2) is 127 Å². The van der Waals surface area contributed by atoms with Crippen molar-refractivity contribution in [2.24, 2.45) is 11.5 Å². The number of rotatable bonds is 21. The van der Waals surface area contributed by atoms with E-state index >= 15 is 28.8 Å². The Morgan fingerprint density at radius 1 is 0.442 bits per heavy atom. The molecule has 0 aromatic heterocycles. The van der Waals surface area contributed by atoms with E-state index in [4.69, 9.17) is 101 Å². The van der Waals surface area contributed by atoms with Crippen LogP contribution in [0.3, 0.4) is 0 Å². The van der Waals surface area contributed by atoms with Crippen molar-refractivity contribution in [2.45, 2.75) is 260 Å². The summed E-state index contributed by atoms with van der Waals surface area (Å²) in [5.74, 6) is -16.7. The van der Waals surface area contributed by atoms with Crippen molar-refractivity contribution in [3.05, 3.63) is 176 Å². The molecule has 147 heavy (non-hydrogen) atoms. The van der Waals surface area contributed by atoms with Crippen LogP contribution < -0.4 is 67.6 Å². The molecule has 11 aliphatic rings. The average Bonchev–Trinajstić information content (AvgIpc) is 0.763. The minimum Gasteiger partial charge on any atom is -0.508 e. The van der Waals surface area contributed by atoms with Crippen LogP contribution in [0.2, 0.25) is 10.0 Å². The van der Waals surface area contributed by atoms with Crippen LogP contribution in [-0.2, 0) is 80.9 Å². The number of ether oxygens (including phenoxy) is 14. The van der Waals surface area contributed by atoms with Gasteiger partial charge in [-0.2, -0.15) is 0 Å². The zero-order chi connectivity index (χ0) is 106. The number of carboxylic acid groups (broad SMARTS) is 1. The first-order chi connectivity index (χ1) is 69.9. The molecule has 11 bridgehead atoms. The van der Waals surface area contributed by atoms with Gasteiger partial charge in [0.25, 0.3) is 0 Å². The number of benzene rings is 7. The molecule has 0 aliphatic carbocycles. The summed E-state index contributed by atoms with van der Waals surface area (Å²) < 4.78 is 87.9. The molecule has 6 saturated heterocycles. The highest BCUT2D eigenvalue weighted by atomic mass is 35.5. The van der Waals surface area contributed by atoms with Gasteiger partial charge in [0.05, 0.1) is 60.4 Å². The van der Waals surface area contributed by atoms with Crippen molar-refractivity contribution in [3.63, 3.8) is 0 Å². The number of halogens is 2. The number of carbonyl (C=O) groups excluding carboxylic acids is 6. The number of hydrogen-bond acceptors (Lipinski definition) is 43. The van der Waals surface area contributed by atoms with Crippen LogP contribution >= 0.6 is 23.2 Å². The lowest BCUT2D eigenvalue weighted by Crippen LogP contribution is -2.64. The molecule has 31 N–H and O–H groups in total. The Balaban J connectivity index is 0.870. The maximum atomic E-state index is 17.0. The molecule has 18 rings (SSSR count). The van der Waals surface area contributed by atoms with Gasteiger partial charge in [0, 0.05) is 47.7 Å². The Morgan fingerprint density at radius 3 is 1.52 bits per heavy atom. The Bertz CT molecular complexity index is 5930. The molecule has 7 aromatic rings. The summed E-state index contributed by atoms with van der Waals surface area (Å²) in [5, 5.41) is 241. The van der Waals surface area contributed by atoms with Crippen molar-refractivity contribution in [3.8, 4) is 68.6 Å². The lowest BCUT2D eigenvalue weighted by Gasteiger charge is -2.45. The number of hydrogen-bond donors (Lipinski definition) is 29. The van der Waals surface area contributed by atoms with Crippen molar-refractivity contribution < 1.29 is 202 Å². The number of nitrogens with one attached hydrogen (secondary N) is 7. The van der Waals surface area contributed by atoms with E-state index in [2.05, 4.69) is 37.2 Å². The third-order valence-corrected chi connectivity index (χ3v) is 27.5. The molecule has 6 fully saturated rings. The predicted octanol–water partition coefficient (Wildman–Crippen LogP) is -4.05. The number of nitrogens with two attached hydrogens (primary N) is 2. The molecule has 7 aromatic carbocycles. The van der Waals surface area contributed by atoms with Crippen LogP contribution in [-0.4, -0.2) is 354 Å². The quantitative estimate of drug-likeness (QED) is 0.0326. The molecule has 0 saturated carbocycles. The standard InChI is InChI=1S/C95H111Cl2N9O41/c1-31-68(114)47(98)26-58(134-31)143-82-38-11-18-52(46(97)21-38)139-54-23-39-22-53(83(54)147-95-84(75(121)72(118)57(30-109)142-95)144-59-27-48(99)69(115)32(2)135-59)137-41-14-7-35(8-15-41)81(146-94-78(124)74(120)71(117)56(29-108)141-94)66(105-85(126)61(100-4)34-5-12-42(13-6-34)138-92-79(125)76(122)80(33(3)136-92)145-93-77(123)73(119)70(116)55(28-107)140-93)89(130)102-63(37-10-17-50(112)45(96)20-37)86(127)103-64(39)88(129)101-62-36-9-16-49(111)43(19-36)60-44(24-40(110)25-51(60)113)65(91(132)133)104-90(131)67(82)106-87(62)128/h5-25,31-33,47-48,55-59,61-82,84,92-95,100,107-125H,26-30,98-99H2,1-4H3,(H,101,129)(H,102,130)(H,103,127)(H,104,131)(H,105,126)(H,106,128)(H,132,133)/t31-,32-,33+,47-,48-,55-,56-,57-,58+,59+,61+,62-,63+,64-,65+,66+,67-,68+,69-,70+,71+,72+,73+,74+,75+,76-,77-,78-,79-,80-,81+,82-,84-,92+,93+,94+,95+/m1/s1. The molecule has 37 atom stereocenters. The SMILES string of the molecule is CN[C@H](C(=O)N[C@@H]1C(=O)N[C@@H](c2ccc(O)c(Cl)c2)C(=O)N[C@H]2C(=O)N[C@H]3C(=O)N[C@@H](C(=O)N[C@H](C(=O)O)c4cc(O)cc(O)c4-c4cc3ccc4O)[C@H](O[C@H]3C[C@@H](N)[C@@H](O)[C@@H](C)O3)c3ccc(c(Cl)c3)Oc3cc2cc(c3O[C@@H]2O[C@H](CO)[C@H](O)[C@H](O)[C@H]2O[C@H]2C[C@@H](N)[C@H](O)[C@@H](C)O2)Oc2ccc(cc2)[C@@H]1O[C@@H]1O[C@H](CO)[C@H](O)[C@H](O)[C@H]1O)c1ccc(O[C@@H]2O[C@@H](C)[C@@H](O[C@@H]3O[C@H](CO)[C@H](O)[C@H](O)[C@H]3O)[C@H](O)[C@H]2O)cc1. The van der Waals surface area contributed by atoms with E-state index in [0.717, 1.165) is 72.8 Å². The number of carbonyl (C=O) groups is 7. The number of aliphatic carboxylic acids is 1. The van der Waals surface area contributed by atoms with Gasteiger partial charge in [-0.3, -0.25) is 28.8 Å². The number of aliphatic hydroxyl groups is 15. The maximum Gasteiger partial charge on any atom is 0.330 e. The fourth-order valence-electron chi connectivity index (χ4n) is 18.8. The second kappa shape index (κ2) is 45.2. The second-order valence-corrected chi connectivity index (χ2v) is 37.6. The fourth-order valence-corrected chi connectivity index (χ4v) is 19.2. The molecule has 52 heteroatoms. The van der Waals surface area contributed by atoms with Gasteiger partial charge in [0.2, 0.25) is 53.8 Å². The van der Waals surface area contributed by atoms with E-state index in [1.54, 1.807) is 0 Å². The van der Waals surface area contributed by atoms with E-state index in [1.165, 1.54) is 82.4 Å². The monoisotopic (exact) mass is 2100 g/mol. The van der Waals surface area contributed by atoms with Gasteiger partial charge < -0.3 is 217 Å². The largest absolute Gasteiger partial charge is 0.508 e. The highest BCUT2D eigenvalue weighted by Crippen LogP contribution is 2.51. The van der Waals surface area contributed by atoms with Crippen molar-refractivity contribution in [1.82, 2.24) is 37.2 Å². The van der Waals surface area contributed by atoms with Crippen molar-refractivity contribution in [1.29, 1.82) is 0 Å². The van der Waals surface area contributed by atoms with Crippen LogP contribution in [0.5, 0.6) is 57.5 Å². The number of likely N-dealkylation sites (N-methyl/N-ethyl adjacent to an activating group) is 1. The lowest BCUT2D eigenvalue weighted by molar-refractivity contribution is -0.348. The first-order valence-electron chi connectivity index (χ1n) is 46.5. The molecule has 11 aliphatic heterocycles. The van der Waals surface area contributed by atoms with Gasteiger partial charge in [-0.25, -0.2) is 4.79 Å². The van der Waals surface area contributed by atoms with Crippen LogP contribution in [0.25, 0.3) is 11.1 Å². The van der Waals surface area contributed by atoms with Crippen LogP contribution in [0.1, 0.15) is 115 Å². The summed E-state index contributed by atoms with van der Waals surface area (Å²) >= 11 is 14.2. The lowest BCUT2D eigenvalue weighted by atomic mass is 9.89. The van der Waals surface area contributed by atoms with Gasteiger partial charge >= 0.3 is 5.97 Å². The number of aromatic hydroxyl groups is 4. The zero-order valence-corrected chi connectivity index (χ0v) is 79.5. The Hall–Kier alpha value is -11.3. The topological polar surface area (TPSA) is 790 Å². The molecule has 11 heterocycles. The van der Waals surface area contributed by atoms with E-state index < -0.39 is 377 Å². The molecule has 0 radical (unpaired) electrons. The highest BCUT2D eigenvalue weighted by molar-refractivity contribution is 6.32. The number of phenols is 4. The average molecular weight is 2110 g/mol. The smallest absolute Gasteiger partial charge is 0.330 e. The van der Waals surface area contributed by atoms with Crippen molar-refractivity contribution in [2.75, 3.05) is 26.9 Å². The van der Waals surface area contributed by atoms with Crippen LogP contribution in [0, 0.1) is 0 Å². The zero-order valence-electron chi connectivity index (χ0n) is 77.9. The van der Waals surface area contributed by atoms with Gasteiger partial charge in [-0.05, 0) is 140 Å². The molecule has 0 spiro atoms. The molecule has 796 valence electrons. The van der Waals surface area contributed by atoms with Crippen molar-refractivity contribution >= 4 is 64.6 Å². The minimum atomic E-state index is -2.52. The van der Waals surface area contributed by atoms with Gasteiger partial charge in [0.15, 0.2) is 48.8 Å². The van der Waals surface area contributed by atoms with E-state index in [1.807, 2.05) is 0 Å². The van der Waals surface area contributed by atoms with Gasteiger partial charge in [-0.1, -0.05) is 65.7 Å². The third kappa shape index (κ3) is 22.6. The van der Waals surface area contributed by atoms with E-state index in [0.29, 0.717) is 0 Å². The number of phenolic OH excluding ortho intramolecular Hbond substituents is 4. The summed E-state index contributed by atoms with van der Waals surface area (Å²) in [6.07, 6.45) is -50.4. The molecule has 0 unspecified atom stereocenters. The Labute approximate surface area is 843 Å². The predicted molar refractivity (Wildman–Crippen MR) is 494 cm³/mol. The van der Waals surface area contributed by atoms with Crippen LogP contribution in [0.4, 0.5) is 0 Å². The molecular weight excluding hydrogens is 1990 g/mol. The maximum absolute atomic E-state index is 17.0. The highest BCUT2D eigenvalue weighted by Gasteiger charge is 2.55. The first kappa shape index (κ1) is 108. The summed E-state index contributed by atoms with van der Waals surface area (Å²) in [6, 6.07) is 4.82. The third-order valence-electron chi connectivity index (χ3n) is 26.9. The Kier molecular flexibility index (Phi) is 33.4. The Morgan fingerprint density at radius 2 is 0.952 bits per heavy atom. The summed E-state index contributed by atoms with van der Waals surface area (Å²) in [4.78, 5) is 112. The van der Waals surface area contributed by atoms with Gasteiger partial charge in [0.1, 0.15) is 174 Å². The van der Waals surface area contributed by atoms with E-state index in [9.17, 15) is 107 Å². The molecule has 6 amide bonds. The minimum absolute atomic E-state index is 0.0358. The number of amides is 6. The van der Waals surface area contributed by atoms with E-state index in [-0.39, 0.29) is 41.0 Å². The summed E-state index contributed by atoms with van der Waals surface area (Å²) in [6.45, 7) is 1.32. The second-order valence-electron chi connectivity index (χ2n) is 36.8. The molecular formula is C95H111Cl2N9O41. The number of aliphatic hydroxyl groups excluding tert-OH is 15. The summed E-state index contributed by atoms with van der Waals surface area (Å²) in [5.41, 5.74) is 9.28. The van der Waals surface area contributed by atoms with Gasteiger partial charge in [-0.15, -0.1) is 0 Å². The molecule has 50 nitrogen and oxygen atoms in total.